The smallest absolute Gasteiger partial charge is 0.250 e. The third-order valence-electron chi connectivity index (χ3n) is 7.50. The van der Waals surface area contributed by atoms with E-state index in [1.165, 1.54) is 7.11 Å². The molecule has 2 aromatic heterocycles. The van der Waals surface area contributed by atoms with Crippen LogP contribution in [0.5, 0.6) is 5.88 Å². The summed E-state index contributed by atoms with van der Waals surface area (Å²) in [4.78, 5) is 11.3. The first-order valence-corrected chi connectivity index (χ1v) is 13.0. The molecule has 2 unspecified atom stereocenters. The minimum absolute atomic E-state index is 0.118. The lowest BCUT2D eigenvalue weighted by molar-refractivity contribution is -0.0567. The molecular formula is C27H31ClF2N6O2. The number of alkyl halides is 2. The first-order valence-electron chi connectivity index (χ1n) is 12.6. The Morgan fingerprint density at radius 2 is 2.00 bits per heavy atom. The standard InChI is InChI=1S/C27H31ClF2N6O2/c1-16-5-7-21(17(2)32-16)27(37,23-14-31-34-35(23)3)18-6-8-22-19(13-18)24(28)20(25(33-22)38-4)15-36-11-9-26(29,30)10-12-36/h6-8,13-14,16,37H,5,9-12,15H2,1-4H3. The van der Waals surface area contributed by atoms with Crippen molar-refractivity contribution in [3.63, 3.8) is 0 Å². The number of aryl methyl sites for hydroxylation is 1. The highest BCUT2D eigenvalue weighted by Gasteiger charge is 2.41. The van der Waals surface area contributed by atoms with E-state index in [2.05, 4.69) is 15.3 Å². The predicted octanol–water partition coefficient (Wildman–Crippen LogP) is 4.67. The normalized spacial score (nSPS) is 21.6. The molecular weight excluding hydrogens is 514 g/mol. The monoisotopic (exact) mass is 544 g/mol. The number of hydrogen-bond donors (Lipinski definition) is 1. The molecule has 1 aromatic carbocycles. The number of ether oxygens (including phenoxy) is 1. The van der Waals surface area contributed by atoms with Gasteiger partial charge in [-0.2, -0.15) is 0 Å². The Kier molecular flexibility index (Phi) is 7.00. The molecule has 4 heterocycles. The molecule has 1 saturated heterocycles. The highest BCUT2D eigenvalue weighted by Crippen LogP contribution is 2.42. The highest BCUT2D eigenvalue weighted by molar-refractivity contribution is 6.36. The van der Waals surface area contributed by atoms with Gasteiger partial charge in [0.25, 0.3) is 5.92 Å². The number of fused-ring (bicyclic) bond motifs is 1. The van der Waals surface area contributed by atoms with Gasteiger partial charge in [-0.15, -0.1) is 5.10 Å². The van der Waals surface area contributed by atoms with E-state index in [1.807, 2.05) is 30.9 Å². The molecule has 0 saturated carbocycles. The van der Waals surface area contributed by atoms with Crippen LogP contribution in [0.4, 0.5) is 8.78 Å². The molecule has 202 valence electrons. The summed E-state index contributed by atoms with van der Waals surface area (Å²) in [6, 6.07) is 5.53. The van der Waals surface area contributed by atoms with Crippen molar-refractivity contribution in [1.29, 1.82) is 0 Å². The van der Waals surface area contributed by atoms with Crippen LogP contribution in [0, 0.1) is 0 Å². The molecule has 38 heavy (non-hydrogen) atoms. The summed E-state index contributed by atoms with van der Waals surface area (Å²) in [5.41, 5.74) is 2.05. The lowest BCUT2D eigenvalue weighted by Crippen LogP contribution is -2.39. The van der Waals surface area contributed by atoms with Crippen molar-refractivity contribution in [1.82, 2.24) is 24.9 Å². The molecule has 5 rings (SSSR count). The summed E-state index contributed by atoms with van der Waals surface area (Å²) in [5, 5.41) is 21.5. The van der Waals surface area contributed by atoms with Crippen LogP contribution in [0.25, 0.3) is 10.9 Å². The van der Waals surface area contributed by atoms with E-state index in [0.29, 0.717) is 57.2 Å². The number of dihydropyridines is 1. The number of aliphatic imine (C=N–C) groups is 1. The van der Waals surface area contributed by atoms with E-state index >= 15 is 0 Å². The second kappa shape index (κ2) is 9.98. The Labute approximate surface area is 225 Å². The van der Waals surface area contributed by atoms with Gasteiger partial charge in [-0.1, -0.05) is 29.0 Å². The number of benzene rings is 1. The molecule has 0 amide bonds. The van der Waals surface area contributed by atoms with Gasteiger partial charge in [0.2, 0.25) is 5.88 Å². The van der Waals surface area contributed by atoms with Gasteiger partial charge in [0.15, 0.2) is 5.60 Å². The number of aliphatic hydroxyl groups is 1. The largest absolute Gasteiger partial charge is 0.481 e. The molecule has 3 aromatic rings. The van der Waals surface area contributed by atoms with Crippen molar-refractivity contribution in [3.8, 4) is 5.88 Å². The number of piperidine rings is 1. The minimum atomic E-state index is -2.64. The van der Waals surface area contributed by atoms with Gasteiger partial charge in [0, 0.05) is 61.8 Å². The lowest BCUT2D eigenvalue weighted by Gasteiger charge is -2.34. The lowest BCUT2D eigenvalue weighted by atomic mass is 9.79. The van der Waals surface area contributed by atoms with E-state index in [0.717, 1.165) is 5.71 Å². The Morgan fingerprint density at radius 1 is 1.26 bits per heavy atom. The summed E-state index contributed by atoms with van der Waals surface area (Å²) >= 11 is 6.97. The van der Waals surface area contributed by atoms with Gasteiger partial charge in [-0.25, -0.2) is 18.4 Å². The Hall–Kier alpha value is -2.95. The van der Waals surface area contributed by atoms with Crippen molar-refractivity contribution < 1.29 is 18.6 Å². The van der Waals surface area contributed by atoms with Gasteiger partial charge in [-0.05, 0) is 38.0 Å². The summed E-state index contributed by atoms with van der Waals surface area (Å²) in [7, 11) is 3.24. The van der Waals surface area contributed by atoms with Crippen LogP contribution in [-0.2, 0) is 19.2 Å². The molecule has 0 spiro atoms. The van der Waals surface area contributed by atoms with Gasteiger partial charge < -0.3 is 9.84 Å². The highest BCUT2D eigenvalue weighted by atomic mass is 35.5. The number of nitrogens with zero attached hydrogens (tertiary/aromatic N) is 6. The fourth-order valence-electron chi connectivity index (χ4n) is 5.39. The van der Waals surface area contributed by atoms with Crippen molar-refractivity contribution >= 4 is 28.2 Å². The van der Waals surface area contributed by atoms with Crippen molar-refractivity contribution in [2.45, 2.75) is 57.2 Å². The zero-order valence-corrected chi connectivity index (χ0v) is 22.6. The molecule has 2 aliphatic heterocycles. The number of likely N-dealkylation sites (tertiary alicyclic amines) is 1. The topological polar surface area (TPSA) is 88.7 Å². The molecule has 11 heteroatoms. The molecule has 0 bridgehead atoms. The van der Waals surface area contributed by atoms with Gasteiger partial charge in [0.05, 0.1) is 35.6 Å². The zero-order valence-electron chi connectivity index (χ0n) is 21.9. The third kappa shape index (κ3) is 4.69. The third-order valence-corrected chi connectivity index (χ3v) is 7.93. The predicted molar refractivity (Wildman–Crippen MR) is 142 cm³/mol. The van der Waals surface area contributed by atoms with Crippen molar-refractivity contribution in [2.24, 2.45) is 12.0 Å². The van der Waals surface area contributed by atoms with E-state index in [4.69, 9.17) is 21.3 Å². The maximum Gasteiger partial charge on any atom is 0.250 e. The summed E-state index contributed by atoms with van der Waals surface area (Å²) in [6.07, 6.45) is 3.85. The molecule has 8 nitrogen and oxygen atoms in total. The van der Waals surface area contributed by atoms with Gasteiger partial charge in [-0.3, -0.25) is 9.89 Å². The molecule has 0 radical (unpaired) electrons. The number of halogens is 3. The SMILES string of the molecule is COc1nc2ccc(C(O)(C3=CCC(C)N=C3C)c3cnnn3C)cc2c(Cl)c1CN1CCC(F)(F)CC1. The Balaban J connectivity index is 1.63. The second-order valence-electron chi connectivity index (χ2n) is 10.1. The zero-order chi connectivity index (χ0) is 27.2. The van der Waals surface area contributed by atoms with Crippen LogP contribution >= 0.6 is 11.6 Å². The van der Waals surface area contributed by atoms with Crippen LogP contribution in [0.1, 0.15) is 49.9 Å². The maximum atomic E-state index is 13.7. The maximum absolute atomic E-state index is 13.7. The van der Waals surface area contributed by atoms with Gasteiger partial charge in [0.1, 0.15) is 0 Å². The quantitative estimate of drug-likeness (QED) is 0.485. The Morgan fingerprint density at radius 3 is 2.63 bits per heavy atom. The number of rotatable bonds is 6. The summed E-state index contributed by atoms with van der Waals surface area (Å²) < 4.78 is 34.5. The van der Waals surface area contributed by atoms with E-state index in [1.54, 1.807) is 30.1 Å². The van der Waals surface area contributed by atoms with E-state index in [-0.39, 0.29) is 32.0 Å². The summed E-state index contributed by atoms with van der Waals surface area (Å²) in [5.74, 6) is -2.29. The average Bonchev–Trinajstić information content (AvgIpc) is 3.32. The van der Waals surface area contributed by atoms with Crippen LogP contribution in [0.2, 0.25) is 5.02 Å². The number of aromatic nitrogens is 4. The van der Waals surface area contributed by atoms with Crippen LogP contribution < -0.4 is 4.74 Å². The van der Waals surface area contributed by atoms with Gasteiger partial charge >= 0.3 is 0 Å². The molecule has 2 aliphatic rings. The van der Waals surface area contributed by atoms with E-state index in [9.17, 15) is 13.9 Å². The molecule has 1 fully saturated rings. The number of pyridine rings is 1. The van der Waals surface area contributed by atoms with Crippen LogP contribution in [0.3, 0.4) is 0 Å². The fourth-order valence-corrected chi connectivity index (χ4v) is 5.68. The minimum Gasteiger partial charge on any atom is -0.481 e. The fraction of sp³-hybridized carbons (Fsp3) is 0.481. The number of hydrogen-bond acceptors (Lipinski definition) is 7. The summed E-state index contributed by atoms with van der Waals surface area (Å²) in [6.45, 7) is 4.75. The van der Waals surface area contributed by atoms with Crippen molar-refractivity contribution in [2.75, 3.05) is 20.2 Å². The Bertz CT molecular complexity index is 1430. The second-order valence-corrected chi connectivity index (χ2v) is 10.5. The van der Waals surface area contributed by atoms with Crippen LogP contribution in [0.15, 0.2) is 41.0 Å². The first kappa shape index (κ1) is 26.6. The molecule has 0 aliphatic carbocycles. The van der Waals surface area contributed by atoms with E-state index < -0.39 is 11.5 Å². The molecule has 1 N–H and O–H groups in total. The molecule has 2 atom stereocenters. The first-order chi connectivity index (χ1) is 18.0. The van der Waals surface area contributed by atoms with Crippen LogP contribution in [-0.4, -0.2) is 67.9 Å². The average molecular weight is 545 g/mol. The van der Waals surface area contributed by atoms with Crippen molar-refractivity contribution in [3.05, 3.63) is 57.9 Å². The number of methoxy groups -OCH3 is 1.